The van der Waals surface area contributed by atoms with Gasteiger partial charge < -0.3 is 20.2 Å². The topological polar surface area (TPSA) is 98.7 Å². The van der Waals surface area contributed by atoms with Crippen LogP contribution in [0.3, 0.4) is 0 Å². The number of carbonyl (C=O) groups is 2. The number of carbonyl (C=O) groups excluding carboxylic acids is 1. The molecule has 1 aliphatic heterocycles. The minimum Gasteiger partial charge on any atom is -0.478 e. The molecule has 1 aliphatic rings. The van der Waals surface area contributed by atoms with Gasteiger partial charge in [0.2, 0.25) is 5.95 Å². The number of nitrogens with one attached hydrogen (secondary N) is 1. The van der Waals surface area contributed by atoms with Gasteiger partial charge in [0.25, 0.3) is 5.91 Å². The molecule has 0 unspecified atom stereocenters. The predicted molar refractivity (Wildman–Crippen MR) is 103 cm³/mol. The summed E-state index contributed by atoms with van der Waals surface area (Å²) in [7, 11) is 3.65. The van der Waals surface area contributed by atoms with Gasteiger partial charge in [-0.05, 0) is 24.3 Å². The Bertz CT molecular complexity index is 876. The van der Waals surface area contributed by atoms with Crippen molar-refractivity contribution in [3.63, 3.8) is 0 Å². The molecule has 0 saturated carbocycles. The summed E-state index contributed by atoms with van der Waals surface area (Å²) in [6.07, 6.45) is 0.877. The molecule has 148 valence electrons. The summed E-state index contributed by atoms with van der Waals surface area (Å²) in [5, 5.41) is 11.8. The molecule has 3 rings (SSSR count). The molecule has 1 amide bonds. The number of carboxylic acid groups (broad SMARTS) is 1. The highest BCUT2D eigenvalue weighted by Gasteiger charge is 2.33. The third-order valence-corrected chi connectivity index (χ3v) is 4.56. The monoisotopic (exact) mass is 387 g/mol. The Balaban J connectivity index is 1.70. The van der Waals surface area contributed by atoms with Crippen molar-refractivity contribution >= 4 is 23.6 Å². The number of nitrogens with zero attached hydrogens (tertiary/aromatic N) is 4. The molecule has 2 heterocycles. The molecular weight excluding hydrogens is 365 g/mol. The van der Waals surface area contributed by atoms with Crippen molar-refractivity contribution in [3.05, 3.63) is 47.7 Å². The van der Waals surface area contributed by atoms with Crippen molar-refractivity contribution in [3.8, 4) is 0 Å². The molecule has 2 N–H and O–H groups in total. The molecule has 8 nitrogen and oxygen atoms in total. The second-order valence-electron chi connectivity index (χ2n) is 6.84. The summed E-state index contributed by atoms with van der Waals surface area (Å²) >= 11 is 0. The maximum atomic E-state index is 14.1. The number of aromatic nitrogens is 2. The normalized spacial score (nSPS) is 18.8. The molecule has 0 spiro atoms. The van der Waals surface area contributed by atoms with E-state index < -0.39 is 18.0 Å². The van der Waals surface area contributed by atoms with Crippen molar-refractivity contribution in [1.29, 1.82) is 0 Å². The SMILES string of the molecule is CN(C)c1nccc(N2C[C@@H](F)C[C@H]2CNC(=O)c2cccc(C(=O)O)c2)n1. The van der Waals surface area contributed by atoms with Crippen LogP contribution in [0, 0.1) is 0 Å². The predicted octanol–water partition coefficient (Wildman–Crippen LogP) is 1.59. The van der Waals surface area contributed by atoms with Crippen LogP contribution in [0.2, 0.25) is 0 Å². The first-order valence-corrected chi connectivity index (χ1v) is 8.88. The lowest BCUT2D eigenvalue weighted by Crippen LogP contribution is -2.40. The average molecular weight is 387 g/mol. The van der Waals surface area contributed by atoms with Gasteiger partial charge in [-0.3, -0.25) is 4.79 Å². The van der Waals surface area contributed by atoms with Gasteiger partial charge in [0.15, 0.2) is 0 Å². The van der Waals surface area contributed by atoms with Gasteiger partial charge >= 0.3 is 5.97 Å². The van der Waals surface area contributed by atoms with Crippen molar-refractivity contribution in [1.82, 2.24) is 15.3 Å². The molecule has 1 aromatic heterocycles. The molecule has 2 aromatic rings. The van der Waals surface area contributed by atoms with Crippen LogP contribution in [0.25, 0.3) is 0 Å². The number of benzene rings is 1. The third kappa shape index (κ3) is 4.36. The number of rotatable bonds is 6. The van der Waals surface area contributed by atoms with E-state index in [1.54, 1.807) is 23.2 Å². The van der Waals surface area contributed by atoms with Gasteiger partial charge in [0.05, 0.1) is 18.2 Å². The standard InChI is InChI=1S/C19H22FN5O3/c1-24(2)19-21-7-6-16(23-19)25-11-14(20)9-15(25)10-22-17(26)12-4-3-5-13(8-12)18(27)28/h3-8,14-15H,9-11H2,1-2H3,(H,22,26)(H,27,28)/t14-,15-/m0/s1. The lowest BCUT2D eigenvalue weighted by atomic mass is 10.1. The molecule has 28 heavy (non-hydrogen) atoms. The fourth-order valence-electron chi connectivity index (χ4n) is 3.15. The lowest BCUT2D eigenvalue weighted by Gasteiger charge is -2.26. The van der Waals surface area contributed by atoms with E-state index in [4.69, 9.17) is 5.11 Å². The van der Waals surface area contributed by atoms with Crippen molar-refractivity contribution in [2.45, 2.75) is 18.6 Å². The first kappa shape index (κ1) is 19.5. The van der Waals surface area contributed by atoms with Gasteiger partial charge in [-0.2, -0.15) is 4.98 Å². The minimum absolute atomic E-state index is 0.0381. The minimum atomic E-state index is -1.10. The summed E-state index contributed by atoms with van der Waals surface area (Å²) in [5.74, 6) is -0.376. The van der Waals surface area contributed by atoms with Crippen LogP contribution in [0.15, 0.2) is 36.5 Å². The van der Waals surface area contributed by atoms with E-state index >= 15 is 0 Å². The fourth-order valence-corrected chi connectivity index (χ4v) is 3.15. The second kappa shape index (κ2) is 8.20. The van der Waals surface area contributed by atoms with Crippen LogP contribution in [0.1, 0.15) is 27.1 Å². The number of hydrogen-bond acceptors (Lipinski definition) is 6. The number of halogens is 1. The van der Waals surface area contributed by atoms with E-state index in [1.807, 2.05) is 19.0 Å². The summed E-state index contributed by atoms with van der Waals surface area (Å²) in [6, 6.07) is 7.25. The zero-order chi connectivity index (χ0) is 20.3. The number of anilines is 2. The quantitative estimate of drug-likeness (QED) is 0.777. The second-order valence-corrected chi connectivity index (χ2v) is 6.84. The van der Waals surface area contributed by atoms with Crippen LogP contribution >= 0.6 is 0 Å². The van der Waals surface area contributed by atoms with Gasteiger partial charge in [-0.1, -0.05) is 6.07 Å². The highest BCUT2D eigenvalue weighted by molar-refractivity contribution is 5.97. The maximum Gasteiger partial charge on any atom is 0.335 e. The molecule has 9 heteroatoms. The highest BCUT2D eigenvalue weighted by Crippen LogP contribution is 2.26. The Hall–Kier alpha value is -3.23. The van der Waals surface area contributed by atoms with E-state index in [0.717, 1.165) is 0 Å². The summed E-state index contributed by atoms with van der Waals surface area (Å²) in [4.78, 5) is 35.7. The molecule has 2 atom stereocenters. The smallest absolute Gasteiger partial charge is 0.335 e. The Kier molecular flexibility index (Phi) is 5.72. The molecule has 1 saturated heterocycles. The highest BCUT2D eigenvalue weighted by atomic mass is 19.1. The van der Waals surface area contributed by atoms with Crippen LogP contribution in [0.5, 0.6) is 0 Å². The van der Waals surface area contributed by atoms with E-state index in [-0.39, 0.29) is 36.7 Å². The van der Waals surface area contributed by atoms with E-state index in [2.05, 4.69) is 15.3 Å². The Morgan fingerprint density at radius 2 is 2.07 bits per heavy atom. The van der Waals surface area contributed by atoms with Crippen LogP contribution in [-0.4, -0.2) is 66.3 Å². The molecule has 1 fully saturated rings. The van der Waals surface area contributed by atoms with Gasteiger partial charge in [-0.25, -0.2) is 14.2 Å². The van der Waals surface area contributed by atoms with E-state index in [1.165, 1.54) is 18.2 Å². The fraction of sp³-hybridized carbons (Fsp3) is 0.368. The van der Waals surface area contributed by atoms with Gasteiger partial charge in [0.1, 0.15) is 12.0 Å². The van der Waals surface area contributed by atoms with Crippen molar-refractivity contribution < 1.29 is 19.1 Å². The number of amides is 1. The zero-order valence-corrected chi connectivity index (χ0v) is 15.7. The Morgan fingerprint density at radius 1 is 1.32 bits per heavy atom. The maximum absolute atomic E-state index is 14.1. The largest absolute Gasteiger partial charge is 0.478 e. The molecule has 0 radical (unpaired) electrons. The third-order valence-electron chi connectivity index (χ3n) is 4.56. The average Bonchev–Trinajstić information content (AvgIpc) is 3.07. The molecule has 0 bridgehead atoms. The van der Waals surface area contributed by atoms with Crippen LogP contribution < -0.4 is 15.1 Å². The molecule has 0 aliphatic carbocycles. The Labute approximate surface area is 162 Å². The van der Waals surface area contributed by atoms with Crippen LogP contribution in [-0.2, 0) is 0 Å². The Morgan fingerprint density at radius 3 is 2.79 bits per heavy atom. The number of aromatic carboxylic acids is 1. The summed E-state index contributed by atoms with van der Waals surface area (Å²) in [6.45, 7) is 0.413. The van der Waals surface area contributed by atoms with Gasteiger partial charge in [-0.15, -0.1) is 0 Å². The molecular formula is C19H22FN5O3. The van der Waals surface area contributed by atoms with Crippen LogP contribution in [0.4, 0.5) is 16.2 Å². The number of carboxylic acids is 1. The number of hydrogen-bond donors (Lipinski definition) is 2. The van der Waals surface area contributed by atoms with Gasteiger partial charge in [0, 0.05) is 38.8 Å². The summed E-state index contributed by atoms with van der Waals surface area (Å²) < 4.78 is 14.1. The van der Waals surface area contributed by atoms with Crippen molar-refractivity contribution in [2.24, 2.45) is 0 Å². The first-order valence-electron chi connectivity index (χ1n) is 8.88. The number of alkyl halides is 1. The first-order chi connectivity index (χ1) is 13.3. The van der Waals surface area contributed by atoms with Crippen molar-refractivity contribution in [2.75, 3.05) is 37.0 Å². The zero-order valence-electron chi connectivity index (χ0n) is 15.7. The summed E-state index contributed by atoms with van der Waals surface area (Å²) in [5.41, 5.74) is 0.286. The molecule has 1 aromatic carbocycles. The van der Waals surface area contributed by atoms with E-state index in [9.17, 15) is 14.0 Å². The lowest BCUT2D eigenvalue weighted by molar-refractivity contribution is 0.0697. The van der Waals surface area contributed by atoms with E-state index in [0.29, 0.717) is 11.8 Å².